The maximum atomic E-state index is 11.9. The highest BCUT2D eigenvalue weighted by atomic mass is 16.5. The van der Waals surface area contributed by atoms with Crippen LogP contribution in [0.25, 0.3) is 0 Å². The van der Waals surface area contributed by atoms with E-state index in [0.717, 1.165) is 19.4 Å². The Labute approximate surface area is 148 Å². The summed E-state index contributed by atoms with van der Waals surface area (Å²) in [6, 6.07) is 17.0. The summed E-state index contributed by atoms with van der Waals surface area (Å²) in [7, 11) is 1.34. The van der Waals surface area contributed by atoms with Crippen LogP contribution in [-0.2, 0) is 16.0 Å². The molecule has 0 atom stereocenters. The summed E-state index contributed by atoms with van der Waals surface area (Å²) < 4.78 is 4.64. The molecule has 0 unspecified atom stereocenters. The van der Waals surface area contributed by atoms with Gasteiger partial charge < -0.3 is 15.4 Å². The zero-order chi connectivity index (χ0) is 17.9. The van der Waals surface area contributed by atoms with Crippen molar-refractivity contribution in [3.05, 3.63) is 65.7 Å². The topological polar surface area (TPSA) is 67.4 Å². The lowest BCUT2D eigenvalue weighted by molar-refractivity contribution is -0.116. The molecule has 1 amide bonds. The van der Waals surface area contributed by atoms with Crippen molar-refractivity contribution in [2.75, 3.05) is 25.5 Å². The normalized spacial score (nSPS) is 10.3. The molecule has 0 fully saturated rings. The number of carbonyl (C=O) groups excluding carboxylic acids is 2. The number of amides is 1. The van der Waals surface area contributed by atoms with E-state index in [0.29, 0.717) is 24.2 Å². The molecule has 0 aromatic heterocycles. The predicted molar refractivity (Wildman–Crippen MR) is 98.7 cm³/mol. The standard InChI is InChI=1S/C20H24N2O3/c1-25-20(24)17-9-11-18(12-10-17)22-19(23)13-15-21-14-5-8-16-6-3-2-4-7-16/h2-4,6-7,9-12,21H,5,8,13-15H2,1H3,(H,22,23). The van der Waals surface area contributed by atoms with Gasteiger partial charge in [0.2, 0.25) is 5.91 Å². The Kier molecular flexibility index (Phi) is 7.66. The molecule has 132 valence electrons. The van der Waals surface area contributed by atoms with Crippen molar-refractivity contribution in [2.24, 2.45) is 0 Å². The Bertz CT molecular complexity index is 669. The first-order valence-electron chi connectivity index (χ1n) is 8.42. The summed E-state index contributed by atoms with van der Waals surface area (Å²) in [5.41, 5.74) is 2.46. The molecule has 0 radical (unpaired) electrons. The van der Waals surface area contributed by atoms with Gasteiger partial charge in [0.05, 0.1) is 12.7 Å². The van der Waals surface area contributed by atoms with E-state index < -0.39 is 5.97 Å². The van der Waals surface area contributed by atoms with Crippen LogP contribution < -0.4 is 10.6 Å². The molecule has 0 saturated heterocycles. The first-order valence-corrected chi connectivity index (χ1v) is 8.42. The number of aryl methyl sites for hydroxylation is 1. The lowest BCUT2D eigenvalue weighted by atomic mass is 10.1. The molecule has 0 bridgehead atoms. The Hall–Kier alpha value is -2.66. The van der Waals surface area contributed by atoms with E-state index in [-0.39, 0.29) is 5.91 Å². The number of benzene rings is 2. The Morgan fingerprint density at radius 1 is 0.960 bits per heavy atom. The number of methoxy groups -OCH3 is 1. The van der Waals surface area contributed by atoms with Gasteiger partial charge in [-0.15, -0.1) is 0 Å². The number of hydrogen-bond donors (Lipinski definition) is 2. The SMILES string of the molecule is COC(=O)c1ccc(NC(=O)CCNCCCc2ccccc2)cc1. The van der Waals surface area contributed by atoms with Crippen LogP contribution in [0.3, 0.4) is 0 Å². The molecule has 0 saturated carbocycles. The first-order chi connectivity index (χ1) is 12.2. The largest absolute Gasteiger partial charge is 0.465 e. The van der Waals surface area contributed by atoms with Gasteiger partial charge in [0, 0.05) is 18.7 Å². The average Bonchev–Trinajstić information content (AvgIpc) is 2.65. The van der Waals surface area contributed by atoms with Crippen molar-refractivity contribution in [1.29, 1.82) is 0 Å². The third-order valence-corrected chi connectivity index (χ3v) is 3.78. The van der Waals surface area contributed by atoms with Crippen molar-refractivity contribution >= 4 is 17.6 Å². The van der Waals surface area contributed by atoms with Crippen LogP contribution in [0, 0.1) is 0 Å². The van der Waals surface area contributed by atoms with Crippen molar-refractivity contribution in [1.82, 2.24) is 5.32 Å². The molecule has 25 heavy (non-hydrogen) atoms. The van der Waals surface area contributed by atoms with Crippen molar-refractivity contribution in [3.8, 4) is 0 Å². The summed E-state index contributed by atoms with van der Waals surface area (Å²) in [4.78, 5) is 23.2. The zero-order valence-electron chi connectivity index (χ0n) is 14.5. The molecule has 0 spiro atoms. The molecule has 0 aliphatic rings. The van der Waals surface area contributed by atoms with E-state index in [1.807, 2.05) is 18.2 Å². The maximum absolute atomic E-state index is 11.9. The van der Waals surface area contributed by atoms with E-state index in [9.17, 15) is 9.59 Å². The third kappa shape index (κ3) is 6.77. The van der Waals surface area contributed by atoms with Gasteiger partial charge >= 0.3 is 5.97 Å². The third-order valence-electron chi connectivity index (χ3n) is 3.78. The van der Waals surface area contributed by atoms with Crippen LogP contribution in [-0.4, -0.2) is 32.1 Å². The van der Waals surface area contributed by atoms with Crippen LogP contribution in [0.4, 0.5) is 5.69 Å². The second-order valence-electron chi connectivity index (χ2n) is 5.71. The molecule has 0 aliphatic carbocycles. The van der Waals surface area contributed by atoms with Gasteiger partial charge in [-0.05, 0) is 49.2 Å². The second kappa shape index (κ2) is 10.3. The summed E-state index contributed by atoms with van der Waals surface area (Å²) in [5.74, 6) is -0.445. The second-order valence-corrected chi connectivity index (χ2v) is 5.71. The number of anilines is 1. The molecule has 0 heterocycles. The Morgan fingerprint density at radius 3 is 2.36 bits per heavy atom. The van der Waals surface area contributed by atoms with Crippen molar-refractivity contribution in [3.63, 3.8) is 0 Å². The van der Waals surface area contributed by atoms with Gasteiger partial charge in [-0.25, -0.2) is 4.79 Å². The smallest absolute Gasteiger partial charge is 0.337 e. The minimum Gasteiger partial charge on any atom is -0.465 e. The molecular weight excluding hydrogens is 316 g/mol. The van der Waals surface area contributed by atoms with Crippen LogP contribution in [0.5, 0.6) is 0 Å². The number of carbonyl (C=O) groups is 2. The fraction of sp³-hybridized carbons (Fsp3) is 0.300. The molecule has 2 N–H and O–H groups in total. The molecule has 0 aliphatic heterocycles. The van der Waals surface area contributed by atoms with Crippen LogP contribution in [0.2, 0.25) is 0 Å². The zero-order valence-corrected chi connectivity index (χ0v) is 14.5. The van der Waals surface area contributed by atoms with Gasteiger partial charge in [0.25, 0.3) is 0 Å². The highest BCUT2D eigenvalue weighted by Crippen LogP contribution is 2.10. The molecule has 5 nitrogen and oxygen atoms in total. The van der Waals surface area contributed by atoms with Gasteiger partial charge in [0.1, 0.15) is 0 Å². The summed E-state index contributed by atoms with van der Waals surface area (Å²) in [6.07, 6.45) is 2.48. The molecule has 5 heteroatoms. The Balaban J connectivity index is 1.60. The van der Waals surface area contributed by atoms with Crippen LogP contribution >= 0.6 is 0 Å². The van der Waals surface area contributed by atoms with E-state index in [1.54, 1.807) is 24.3 Å². The maximum Gasteiger partial charge on any atom is 0.337 e. The number of ether oxygens (including phenoxy) is 1. The minimum absolute atomic E-state index is 0.0543. The highest BCUT2D eigenvalue weighted by Gasteiger charge is 2.06. The minimum atomic E-state index is -0.391. The quantitative estimate of drug-likeness (QED) is 0.544. The summed E-state index contributed by atoms with van der Waals surface area (Å²) in [6.45, 7) is 1.52. The Morgan fingerprint density at radius 2 is 1.68 bits per heavy atom. The van der Waals surface area contributed by atoms with Crippen LogP contribution in [0.15, 0.2) is 54.6 Å². The van der Waals surface area contributed by atoms with Crippen molar-refractivity contribution in [2.45, 2.75) is 19.3 Å². The lowest BCUT2D eigenvalue weighted by Gasteiger charge is -2.07. The van der Waals surface area contributed by atoms with E-state index in [2.05, 4.69) is 27.5 Å². The first kappa shape index (κ1) is 18.7. The predicted octanol–water partition coefficient (Wildman–Crippen LogP) is 3.02. The summed E-state index contributed by atoms with van der Waals surface area (Å²) >= 11 is 0. The lowest BCUT2D eigenvalue weighted by Crippen LogP contribution is -2.23. The number of hydrogen-bond acceptors (Lipinski definition) is 4. The number of nitrogens with one attached hydrogen (secondary N) is 2. The van der Waals surface area contributed by atoms with E-state index in [4.69, 9.17) is 0 Å². The summed E-state index contributed by atoms with van der Waals surface area (Å²) in [5, 5.41) is 6.09. The molecule has 2 rings (SSSR count). The van der Waals surface area contributed by atoms with Crippen LogP contribution in [0.1, 0.15) is 28.8 Å². The van der Waals surface area contributed by atoms with Gasteiger partial charge in [-0.2, -0.15) is 0 Å². The van der Waals surface area contributed by atoms with Crippen molar-refractivity contribution < 1.29 is 14.3 Å². The van der Waals surface area contributed by atoms with E-state index in [1.165, 1.54) is 12.7 Å². The fourth-order valence-corrected chi connectivity index (χ4v) is 2.42. The monoisotopic (exact) mass is 340 g/mol. The molecule has 2 aromatic rings. The number of rotatable bonds is 9. The van der Waals surface area contributed by atoms with Gasteiger partial charge in [-0.1, -0.05) is 30.3 Å². The molecule has 2 aromatic carbocycles. The van der Waals surface area contributed by atoms with Gasteiger partial charge in [-0.3, -0.25) is 4.79 Å². The van der Waals surface area contributed by atoms with Gasteiger partial charge in [0.15, 0.2) is 0 Å². The highest BCUT2D eigenvalue weighted by molar-refractivity contribution is 5.93. The average molecular weight is 340 g/mol. The fourth-order valence-electron chi connectivity index (χ4n) is 2.42. The number of esters is 1. The van der Waals surface area contributed by atoms with E-state index >= 15 is 0 Å². The molecular formula is C20H24N2O3.